The van der Waals surface area contributed by atoms with Crippen molar-refractivity contribution in [3.8, 4) is 0 Å². The highest BCUT2D eigenvalue weighted by Crippen LogP contribution is 2.15. The van der Waals surface area contributed by atoms with E-state index in [1.54, 1.807) is 0 Å². The maximum absolute atomic E-state index is 11.9. The van der Waals surface area contributed by atoms with Crippen LogP contribution in [0.4, 0.5) is 0 Å². The molecule has 0 heterocycles. The van der Waals surface area contributed by atoms with Gasteiger partial charge in [0, 0.05) is 5.56 Å². The van der Waals surface area contributed by atoms with Crippen molar-refractivity contribution in [3.05, 3.63) is 48.0 Å². The lowest BCUT2D eigenvalue weighted by Gasteiger charge is -2.08. The summed E-state index contributed by atoms with van der Waals surface area (Å²) in [7, 11) is 3.80. The number of hydrogen-bond donors (Lipinski definition) is 0. The van der Waals surface area contributed by atoms with Gasteiger partial charge < -0.3 is 4.90 Å². The Bertz CT molecular complexity index is 517. The second-order valence-electron chi connectivity index (χ2n) is 4.22. The first kappa shape index (κ1) is 10.8. The molecule has 0 saturated heterocycles. The topological polar surface area (TPSA) is 20.3 Å². The fourth-order valence-electron chi connectivity index (χ4n) is 1.74. The molecule has 2 aromatic rings. The molecular weight excluding hydrogens is 198 g/mol. The van der Waals surface area contributed by atoms with E-state index in [-0.39, 0.29) is 5.78 Å². The van der Waals surface area contributed by atoms with Crippen molar-refractivity contribution in [1.29, 1.82) is 0 Å². The van der Waals surface area contributed by atoms with Crippen molar-refractivity contribution in [3.63, 3.8) is 0 Å². The maximum Gasteiger partial charge on any atom is 0.176 e. The molecule has 0 aromatic heterocycles. The van der Waals surface area contributed by atoms with Gasteiger partial charge in [0.2, 0.25) is 0 Å². The summed E-state index contributed by atoms with van der Waals surface area (Å²) in [5.74, 6) is 0.163. The van der Waals surface area contributed by atoms with Crippen LogP contribution in [0.2, 0.25) is 0 Å². The van der Waals surface area contributed by atoms with Gasteiger partial charge in [0.05, 0.1) is 6.54 Å². The predicted molar refractivity (Wildman–Crippen MR) is 66.8 cm³/mol. The normalized spacial score (nSPS) is 10.9. The Labute approximate surface area is 95.5 Å². The first-order valence-corrected chi connectivity index (χ1v) is 5.33. The summed E-state index contributed by atoms with van der Waals surface area (Å²) in [6, 6.07) is 13.9. The number of benzene rings is 2. The number of likely N-dealkylation sites (N-methyl/N-ethyl adjacent to an activating group) is 1. The van der Waals surface area contributed by atoms with Crippen LogP contribution in [0.25, 0.3) is 10.8 Å². The Kier molecular flexibility index (Phi) is 3.02. The Morgan fingerprint density at radius 3 is 2.44 bits per heavy atom. The number of ketones is 1. The summed E-state index contributed by atoms with van der Waals surface area (Å²) in [5, 5.41) is 2.29. The van der Waals surface area contributed by atoms with Crippen molar-refractivity contribution in [2.45, 2.75) is 0 Å². The van der Waals surface area contributed by atoms with Crippen LogP contribution in [-0.4, -0.2) is 31.3 Å². The Morgan fingerprint density at radius 1 is 1.06 bits per heavy atom. The molecule has 2 heteroatoms. The van der Waals surface area contributed by atoms with E-state index in [0.29, 0.717) is 6.54 Å². The summed E-state index contributed by atoms with van der Waals surface area (Å²) in [6.45, 7) is 0.457. The van der Waals surface area contributed by atoms with E-state index in [1.165, 1.54) is 5.39 Å². The van der Waals surface area contributed by atoms with E-state index in [1.807, 2.05) is 55.4 Å². The first-order chi connectivity index (χ1) is 7.66. The third-order valence-corrected chi connectivity index (χ3v) is 2.53. The standard InChI is InChI=1S/C14H15NO/c1-15(2)10-14(16)13-8-7-11-5-3-4-6-12(11)9-13/h3-9H,10H2,1-2H3. The molecule has 2 aromatic carbocycles. The molecule has 0 saturated carbocycles. The molecule has 0 spiro atoms. The van der Waals surface area contributed by atoms with Gasteiger partial charge in [-0.25, -0.2) is 0 Å². The van der Waals surface area contributed by atoms with Crippen molar-refractivity contribution < 1.29 is 4.79 Å². The molecule has 0 aliphatic heterocycles. The number of nitrogens with zero attached hydrogens (tertiary/aromatic N) is 1. The number of Topliss-reactive ketones (excluding diaryl/α,β-unsaturated/α-hetero) is 1. The summed E-state index contributed by atoms with van der Waals surface area (Å²) in [6.07, 6.45) is 0. The molecule has 0 fully saturated rings. The molecule has 0 radical (unpaired) electrons. The van der Waals surface area contributed by atoms with Crippen LogP contribution < -0.4 is 0 Å². The lowest BCUT2D eigenvalue weighted by Crippen LogP contribution is -2.21. The van der Waals surface area contributed by atoms with Crippen molar-refractivity contribution >= 4 is 16.6 Å². The molecule has 2 nitrogen and oxygen atoms in total. The van der Waals surface area contributed by atoms with Crippen LogP contribution in [0.15, 0.2) is 42.5 Å². The molecule has 0 unspecified atom stereocenters. The minimum absolute atomic E-state index is 0.163. The zero-order valence-electron chi connectivity index (χ0n) is 9.60. The molecule has 0 N–H and O–H groups in total. The number of rotatable bonds is 3. The third-order valence-electron chi connectivity index (χ3n) is 2.53. The number of hydrogen-bond acceptors (Lipinski definition) is 2. The first-order valence-electron chi connectivity index (χ1n) is 5.33. The quantitative estimate of drug-likeness (QED) is 0.730. The zero-order valence-corrected chi connectivity index (χ0v) is 9.60. The summed E-state index contributed by atoms with van der Waals surface area (Å²) in [4.78, 5) is 13.7. The monoisotopic (exact) mass is 213 g/mol. The summed E-state index contributed by atoms with van der Waals surface area (Å²) >= 11 is 0. The van der Waals surface area contributed by atoms with E-state index < -0.39 is 0 Å². The minimum Gasteiger partial charge on any atom is -0.302 e. The van der Waals surface area contributed by atoms with Gasteiger partial charge in [-0.05, 0) is 30.9 Å². The van der Waals surface area contributed by atoms with Gasteiger partial charge in [-0.1, -0.05) is 36.4 Å². The lowest BCUT2D eigenvalue weighted by molar-refractivity contribution is 0.0958. The summed E-state index contributed by atoms with van der Waals surface area (Å²) < 4.78 is 0. The average molecular weight is 213 g/mol. The SMILES string of the molecule is CN(C)CC(=O)c1ccc2ccccc2c1. The van der Waals surface area contributed by atoms with E-state index in [9.17, 15) is 4.79 Å². The van der Waals surface area contributed by atoms with Crippen LogP contribution in [0.3, 0.4) is 0 Å². The van der Waals surface area contributed by atoms with Crippen LogP contribution in [0, 0.1) is 0 Å². The van der Waals surface area contributed by atoms with Gasteiger partial charge >= 0.3 is 0 Å². The van der Waals surface area contributed by atoms with Gasteiger partial charge in [0.15, 0.2) is 5.78 Å². The molecule has 16 heavy (non-hydrogen) atoms. The lowest BCUT2D eigenvalue weighted by atomic mass is 10.0. The fourth-order valence-corrected chi connectivity index (χ4v) is 1.74. The van der Waals surface area contributed by atoms with Crippen LogP contribution in [0.5, 0.6) is 0 Å². The molecule has 0 atom stereocenters. The van der Waals surface area contributed by atoms with Crippen molar-refractivity contribution in [2.75, 3.05) is 20.6 Å². The largest absolute Gasteiger partial charge is 0.302 e. The molecule has 2 rings (SSSR count). The van der Waals surface area contributed by atoms with Crippen molar-refractivity contribution in [1.82, 2.24) is 4.90 Å². The Hall–Kier alpha value is -1.67. The van der Waals surface area contributed by atoms with E-state index >= 15 is 0 Å². The summed E-state index contributed by atoms with van der Waals surface area (Å²) in [5.41, 5.74) is 0.785. The highest BCUT2D eigenvalue weighted by Gasteiger charge is 2.07. The Balaban J connectivity index is 2.35. The number of fused-ring (bicyclic) bond motifs is 1. The zero-order chi connectivity index (χ0) is 11.5. The number of carbonyl (C=O) groups excluding carboxylic acids is 1. The molecule has 82 valence electrons. The minimum atomic E-state index is 0.163. The molecular formula is C14H15NO. The van der Waals surface area contributed by atoms with E-state index in [2.05, 4.69) is 6.07 Å². The van der Waals surface area contributed by atoms with Crippen LogP contribution in [-0.2, 0) is 0 Å². The third kappa shape index (κ3) is 2.28. The highest BCUT2D eigenvalue weighted by atomic mass is 16.1. The van der Waals surface area contributed by atoms with Gasteiger partial charge in [0.1, 0.15) is 0 Å². The predicted octanol–water partition coefficient (Wildman–Crippen LogP) is 2.58. The van der Waals surface area contributed by atoms with Gasteiger partial charge in [-0.15, -0.1) is 0 Å². The second-order valence-corrected chi connectivity index (χ2v) is 4.22. The van der Waals surface area contributed by atoms with E-state index in [4.69, 9.17) is 0 Å². The molecule has 0 amide bonds. The smallest absolute Gasteiger partial charge is 0.176 e. The molecule has 0 bridgehead atoms. The molecule has 0 aliphatic carbocycles. The number of carbonyl (C=O) groups is 1. The highest BCUT2D eigenvalue weighted by molar-refractivity contribution is 6.01. The van der Waals surface area contributed by atoms with E-state index in [0.717, 1.165) is 10.9 Å². The second kappa shape index (κ2) is 4.45. The fraction of sp³-hybridized carbons (Fsp3) is 0.214. The van der Waals surface area contributed by atoms with Crippen LogP contribution in [0.1, 0.15) is 10.4 Å². The van der Waals surface area contributed by atoms with Crippen molar-refractivity contribution in [2.24, 2.45) is 0 Å². The van der Waals surface area contributed by atoms with Gasteiger partial charge in [-0.3, -0.25) is 4.79 Å². The maximum atomic E-state index is 11.9. The molecule has 0 aliphatic rings. The van der Waals surface area contributed by atoms with Crippen LogP contribution >= 0.6 is 0 Å². The van der Waals surface area contributed by atoms with Gasteiger partial charge in [0.25, 0.3) is 0 Å². The Morgan fingerprint density at radius 2 is 1.75 bits per heavy atom. The van der Waals surface area contributed by atoms with Gasteiger partial charge in [-0.2, -0.15) is 0 Å². The average Bonchev–Trinajstić information content (AvgIpc) is 2.27.